The SMILES string of the molecule is OC(Cc1cccc(Br)c1)c1ccccc1C(F)(F)F. The van der Waals surface area contributed by atoms with Gasteiger partial charge in [-0.05, 0) is 29.3 Å². The van der Waals surface area contributed by atoms with Gasteiger partial charge in [0.1, 0.15) is 0 Å². The van der Waals surface area contributed by atoms with Gasteiger partial charge in [0.15, 0.2) is 0 Å². The molecule has 0 aromatic heterocycles. The van der Waals surface area contributed by atoms with Crippen molar-refractivity contribution in [3.8, 4) is 0 Å². The molecule has 1 atom stereocenters. The summed E-state index contributed by atoms with van der Waals surface area (Å²) in [7, 11) is 0. The molecule has 2 aromatic carbocycles. The maximum absolute atomic E-state index is 12.9. The van der Waals surface area contributed by atoms with Gasteiger partial charge in [-0.1, -0.05) is 46.3 Å². The summed E-state index contributed by atoms with van der Waals surface area (Å²) >= 11 is 3.29. The lowest BCUT2D eigenvalue weighted by atomic mass is 9.97. The van der Waals surface area contributed by atoms with Crippen LogP contribution in [-0.2, 0) is 12.6 Å². The number of rotatable bonds is 3. The van der Waals surface area contributed by atoms with Crippen molar-refractivity contribution >= 4 is 15.9 Å². The molecular formula is C15H12BrF3O. The summed E-state index contributed by atoms with van der Waals surface area (Å²) in [5.41, 5.74) is -0.119. The Hall–Kier alpha value is -1.33. The smallest absolute Gasteiger partial charge is 0.388 e. The normalized spacial score (nSPS) is 13.2. The van der Waals surface area contributed by atoms with E-state index in [4.69, 9.17) is 0 Å². The maximum atomic E-state index is 12.9. The Morgan fingerprint density at radius 2 is 1.75 bits per heavy atom. The van der Waals surface area contributed by atoms with Crippen LogP contribution in [0.5, 0.6) is 0 Å². The third-order valence-corrected chi connectivity index (χ3v) is 3.44. The van der Waals surface area contributed by atoms with Crippen LogP contribution < -0.4 is 0 Å². The first-order chi connectivity index (χ1) is 9.38. The van der Waals surface area contributed by atoms with Gasteiger partial charge in [0.2, 0.25) is 0 Å². The van der Waals surface area contributed by atoms with E-state index in [-0.39, 0.29) is 12.0 Å². The number of alkyl halides is 3. The molecule has 0 aliphatic rings. The van der Waals surface area contributed by atoms with E-state index < -0.39 is 17.8 Å². The molecule has 5 heteroatoms. The topological polar surface area (TPSA) is 20.2 Å². The fourth-order valence-electron chi connectivity index (χ4n) is 2.04. The zero-order chi connectivity index (χ0) is 14.8. The van der Waals surface area contributed by atoms with E-state index >= 15 is 0 Å². The molecule has 0 heterocycles. The molecule has 0 fully saturated rings. The van der Waals surface area contributed by atoms with E-state index in [2.05, 4.69) is 15.9 Å². The Bertz CT molecular complexity index is 596. The molecule has 0 saturated heterocycles. The van der Waals surface area contributed by atoms with Gasteiger partial charge in [-0.15, -0.1) is 0 Å². The molecule has 0 aliphatic heterocycles. The van der Waals surface area contributed by atoms with Crippen molar-refractivity contribution in [2.45, 2.75) is 18.7 Å². The summed E-state index contributed by atoms with van der Waals surface area (Å²) in [4.78, 5) is 0. The van der Waals surface area contributed by atoms with Crippen molar-refractivity contribution < 1.29 is 18.3 Å². The first kappa shape index (κ1) is 15.1. The van der Waals surface area contributed by atoms with Crippen LogP contribution in [0, 0.1) is 0 Å². The van der Waals surface area contributed by atoms with Crippen LogP contribution in [-0.4, -0.2) is 5.11 Å². The van der Waals surface area contributed by atoms with Crippen molar-refractivity contribution in [2.75, 3.05) is 0 Å². The van der Waals surface area contributed by atoms with E-state index in [9.17, 15) is 18.3 Å². The molecule has 1 N–H and O–H groups in total. The Balaban J connectivity index is 2.28. The van der Waals surface area contributed by atoms with Crippen LogP contribution >= 0.6 is 15.9 Å². The summed E-state index contributed by atoms with van der Waals surface area (Å²) in [5, 5.41) is 10.1. The molecule has 0 amide bonds. The number of aliphatic hydroxyl groups excluding tert-OH is 1. The van der Waals surface area contributed by atoms with Gasteiger partial charge in [0, 0.05) is 10.9 Å². The molecule has 1 unspecified atom stereocenters. The van der Waals surface area contributed by atoms with E-state index in [1.807, 2.05) is 6.07 Å². The number of halogens is 4. The molecule has 0 aliphatic carbocycles. The average molecular weight is 345 g/mol. The molecule has 0 radical (unpaired) electrons. The highest BCUT2D eigenvalue weighted by molar-refractivity contribution is 9.10. The molecule has 2 aromatic rings. The largest absolute Gasteiger partial charge is 0.416 e. The van der Waals surface area contributed by atoms with Crippen LogP contribution in [0.4, 0.5) is 13.2 Å². The number of hydrogen-bond acceptors (Lipinski definition) is 1. The summed E-state index contributed by atoms with van der Waals surface area (Å²) in [6.07, 6.45) is -5.52. The Morgan fingerprint density at radius 1 is 1.05 bits per heavy atom. The fraction of sp³-hybridized carbons (Fsp3) is 0.200. The highest BCUT2D eigenvalue weighted by Crippen LogP contribution is 2.35. The lowest BCUT2D eigenvalue weighted by Crippen LogP contribution is -2.13. The third-order valence-electron chi connectivity index (χ3n) is 2.94. The quantitative estimate of drug-likeness (QED) is 0.852. The molecule has 20 heavy (non-hydrogen) atoms. The lowest BCUT2D eigenvalue weighted by molar-refractivity contribution is -0.139. The second kappa shape index (κ2) is 5.97. The van der Waals surface area contributed by atoms with Crippen LogP contribution in [0.2, 0.25) is 0 Å². The maximum Gasteiger partial charge on any atom is 0.416 e. The van der Waals surface area contributed by atoms with Crippen molar-refractivity contribution in [3.05, 3.63) is 69.7 Å². The standard InChI is InChI=1S/C15H12BrF3O/c16-11-5-3-4-10(8-11)9-14(20)12-6-1-2-7-13(12)15(17,18)19/h1-8,14,20H,9H2. The van der Waals surface area contributed by atoms with Gasteiger partial charge in [0.25, 0.3) is 0 Å². The summed E-state index contributed by atoms with van der Waals surface area (Å²) < 4.78 is 39.5. The summed E-state index contributed by atoms with van der Waals surface area (Å²) in [6.45, 7) is 0. The minimum atomic E-state index is -4.46. The molecule has 0 bridgehead atoms. The predicted molar refractivity (Wildman–Crippen MR) is 74.2 cm³/mol. The lowest BCUT2D eigenvalue weighted by Gasteiger charge is -2.17. The fourth-order valence-corrected chi connectivity index (χ4v) is 2.49. The highest BCUT2D eigenvalue weighted by Gasteiger charge is 2.34. The Labute approximate surface area is 123 Å². The molecular weight excluding hydrogens is 333 g/mol. The van der Waals surface area contributed by atoms with E-state index in [1.165, 1.54) is 18.2 Å². The molecule has 0 spiro atoms. The van der Waals surface area contributed by atoms with Crippen molar-refractivity contribution in [2.24, 2.45) is 0 Å². The van der Waals surface area contributed by atoms with Crippen LogP contribution in [0.15, 0.2) is 53.0 Å². The summed E-state index contributed by atoms with van der Waals surface area (Å²) in [6, 6.07) is 12.3. The van der Waals surface area contributed by atoms with Crippen LogP contribution in [0.1, 0.15) is 22.8 Å². The zero-order valence-corrected chi connectivity index (χ0v) is 11.9. The number of hydrogen-bond donors (Lipinski definition) is 1. The first-order valence-corrected chi connectivity index (χ1v) is 6.76. The van der Waals surface area contributed by atoms with E-state index in [0.717, 1.165) is 16.1 Å². The third kappa shape index (κ3) is 3.61. The minimum Gasteiger partial charge on any atom is -0.388 e. The second-order valence-electron chi connectivity index (χ2n) is 4.43. The zero-order valence-electron chi connectivity index (χ0n) is 10.4. The second-order valence-corrected chi connectivity index (χ2v) is 5.35. The number of aliphatic hydroxyl groups is 1. The van der Waals surface area contributed by atoms with Crippen molar-refractivity contribution in [1.82, 2.24) is 0 Å². The predicted octanol–water partition coefficient (Wildman–Crippen LogP) is 4.74. The Kier molecular flexibility index (Phi) is 4.50. The van der Waals surface area contributed by atoms with Crippen molar-refractivity contribution in [3.63, 3.8) is 0 Å². The van der Waals surface area contributed by atoms with Gasteiger partial charge >= 0.3 is 6.18 Å². The van der Waals surface area contributed by atoms with Crippen LogP contribution in [0.3, 0.4) is 0 Å². The first-order valence-electron chi connectivity index (χ1n) is 5.96. The average Bonchev–Trinajstić information content (AvgIpc) is 2.37. The van der Waals surface area contributed by atoms with E-state index in [1.54, 1.807) is 18.2 Å². The molecule has 0 saturated carbocycles. The Morgan fingerprint density at radius 3 is 2.40 bits per heavy atom. The van der Waals surface area contributed by atoms with Crippen molar-refractivity contribution in [1.29, 1.82) is 0 Å². The van der Waals surface area contributed by atoms with Gasteiger partial charge in [-0.25, -0.2) is 0 Å². The monoisotopic (exact) mass is 344 g/mol. The van der Waals surface area contributed by atoms with E-state index in [0.29, 0.717) is 0 Å². The number of benzene rings is 2. The van der Waals surface area contributed by atoms with Gasteiger partial charge in [-0.3, -0.25) is 0 Å². The molecule has 1 nitrogen and oxygen atoms in total. The van der Waals surface area contributed by atoms with Gasteiger partial charge in [-0.2, -0.15) is 13.2 Å². The molecule has 106 valence electrons. The summed E-state index contributed by atoms with van der Waals surface area (Å²) in [5.74, 6) is 0. The van der Waals surface area contributed by atoms with Crippen LogP contribution in [0.25, 0.3) is 0 Å². The minimum absolute atomic E-state index is 0.0972. The molecule has 2 rings (SSSR count). The van der Waals surface area contributed by atoms with Gasteiger partial charge in [0.05, 0.1) is 11.7 Å². The highest BCUT2D eigenvalue weighted by atomic mass is 79.9. The van der Waals surface area contributed by atoms with Gasteiger partial charge < -0.3 is 5.11 Å².